The Hall–Kier alpha value is -1.47. The number of aliphatic hydroxyl groups excluding tert-OH is 2. The van der Waals surface area contributed by atoms with Crippen LogP contribution in [-0.4, -0.2) is 53.4 Å². The highest BCUT2D eigenvalue weighted by Crippen LogP contribution is 2.09. The summed E-state index contributed by atoms with van der Waals surface area (Å²) in [5.74, 6) is -1.49. The largest absolute Gasteiger partial charge is 0.456 e. The van der Waals surface area contributed by atoms with Gasteiger partial charge in [-0.3, -0.25) is 9.59 Å². The van der Waals surface area contributed by atoms with Crippen molar-refractivity contribution in [3.63, 3.8) is 0 Å². The van der Waals surface area contributed by atoms with Crippen molar-refractivity contribution in [1.29, 1.82) is 0 Å². The van der Waals surface area contributed by atoms with Crippen molar-refractivity contribution in [1.82, 2.24) is 0 Å². The maximum absolute atomic E-state index is 10.7. The molecule has 0 heterocycles. The van der Waals surface area contributed by atoms with E-state index in [1.165, 1.54) is 0 Å². The fraction of sp³-hybridized carbons (Fsp3) is 0.667. The van der Waals surface area contributed by atoms with Crippen LogP contribution in [0.4, 0.5) is 0 Å². The van der Waals surface area contributed by atoms with Gasteiger partial charge in [-0.25, -0.2) is 0 Å². The van der Waals surface area contributed by atoms with Crippen LogP contribution in [0.5, 0.6) is 0 Å². The summed E-state index contributed by atoms with van der Waals surface area (Å²) in [6, 6.07) is 0. The summed E-state index contributed by atoms with van der Waals surface area (Å²) < 4.78 is 9.20. The van der Waals surface area contributed by atoms with Crippen LogP contribution in [0.2, 0.25) is 0 Å². The van der Waals surface area contributed by atoms with E-state index in [1.54, 1.807) is 0 Å². The summed E-state index contributed by atoms with van der Waals surface area (Å²) in [5.41, 5.74) is 0. The van der Waals surface area contributed by atoms with E-state index in [0.717, 1.165) is 13.8 Å². The third-order valence-corrected chi connectivity index (χ3v) is 1.64. The topological polar surface area (TPSA) is 110 Å². The summed E-state index contributed by atoms with van der Waals surface area (Å²) >= 11 is 0. The molecule has 7 nitrogen and oxygen atoms in total. The molecule has 2 N–H and O–H groups in total. The highest BCUT2D eigenvalue weighted by molar-refractivity contribution is 5.68. The lowest BCUT2D eigenvalue weighted by Crippen LogP contribution is -2.45. The van der Waals surface area contributed by atoms with Gasteiger partial charge in [-0.15, -0.1) is 0 Å². The standard InChI is InChI=1S/C9H14O7/c1-5(12)15-8(4-11)9(7(14)3-10)16-6(2)13/h3,7-9,11,14H,4H2,1-2H3/t7-,8-,9+/m1/s1. The number of esters is 2. The van der Waals surface area contributed by atoms with Crippen LogP contribution >= 0.6 is 0 Å². The van der Waals surface area contributed by atoms with Crippen molar-refractivity contribution in [3.8, 4) is 0 Å². The molecule has 0 aromatic rings. The Morgan fingerprint density at radius 3 is 2.06 bits per heavy atom. The highest BCUT2D eigenvalue weighted by atomic mass is 16.6. The fourth-order valence-corrected chi connectivity index (χ4v) is 1.06. The van der Waals surface area contributed by atoms with Crippen LogP contribution in [0.1, 0.15) is 13.8 Å². The van der Waals surface area contributed by atoms with E-state index in [1.807, 2.05) is 0 Å². The molecule has 0 aromatic carbocycles. The second-order valence-electron chi connectivity index (χ2n) is 3.03. The Morgan fingerprint density at radius 2 is 1.75 bits per heavy atom. The lowest BCUT2D eigenvalue weighted by Gasteiger charge is -2.25. The van der Waals surface area contributed by atoms with Gasteiger partial charge in [-0.05, 0) is 0 Å². The van der Waals surface area contributed by atoms with E-state index >= 15 is 0 Å². The van der Waals surface area contributed by atoms with Gasteiger partial charge >= 0.3 is 11.9 Å². The number of carbonyl (C=O) groups is 3. The predicted molar refractivity (Wildman–Crippen MR) is 50.3 cm³/mol. The summed E-state index contributed by atoms with van der Waals surface area (Å²) in [4.78, 5) is 31.8. The normalized spacial score (nSPS) is 15.8. The molecule has 0 rings (SSSR count). The highest BCUT2D eigenvalue weighted by Gasteiger charge is 2.33. The zero-order valence-corrected chi connectivity index (χ0v) is 8.95. The average molecular weight is 234 g/mol. The van der Waals surface area contributed by atoms with Gasteiger partial charge in [0.05, 0.1) is 6.61 Å². The van der Waals surface area contributed by atoms with Crippen LogP contribution in [0.3, 0.4) is 0 Å². The van der Waals surface area contributed by atoms with E-state index in [0.29, 0.717) is 0 Å². The van der Waals surface area contributed by atoms with Crippen LogP contribution in [0.25, 0.3) is 0 Å². The minimum atomic E-state index is -1.67. The minimum absolute atomic E-state index is 0.125. The first-order valence-electron chi connectivity index (χ1n) is 4.51. The molecule has 0 fully saturated rings. The van der Waals surface area contributed by atoms with Crippen molar-refractivity contribution in [3.05, 3.63) is 0 Å². The number of ether oxygens (including phenoxy) is 2. The molecule has 0 aliphatic rings. The molecule has 0 spiro atoms. The SMILES string of the molecule is CC(=O)O[C@@H]([C@H](O)C=O)[C@@H](CO)OC(C)=O. The molecule has 0 aromatic heterocycles. The van der Waals surface area contributed by atoms with Gasteiger partial charge in [0.2, 0.25) is 0 Å². The third kappa shape index (κ3) is 4.85. The molecule has 7 heteroatoms. The second-order valence-corrected chi connectivity index (χ2v) is 3.03. The first-order chi connectivity index (χ1) is 7.42. The van der Waals surface area contributed by atoms with Gasteiger partial charge in [0.1, 0.15) is 6.10 Å². The zero-order valence-electron chi connectivity index (χ0n) is 8.95. The van der Waals surface area contributed by atoms with E-state index in [9.17, 15) is 19.5 Å². The zero-order chi connectivity index (χ0) is 12.7. The number of aliphatic hydroxyl groups is 2. The van der Waals surface area contributed by atoms with Gasteiger partial charge in [0, 0.05) is 13.8 Å². The number of aldehydes is 1. The molecule has 92 valence electrons. The Kier molecular flexibility index (Phi) is 6.28. The van der Waals surface area contributed by atoms with Crippen molar-refractivity contribution in [2.75, 3.05) is 6.61 Å². The van der Waals surface area contributed by atoms with Gasteiger partial charge in [0.25, 0.3) is 0 Å². The molecule has 0 saturated heterocycles. The van der Waals surface area contributed by atoms with Crippen molar-refractivity contribution < 1.29 is 34.1 Å². The molecule has 3 atom stereocenters. The third-order valence-electron chi connectivity index (χ3n) is 1.64. The van der Waals surface area contributed by atoms with Crippen LogP contribution in [-0.2, 0) is 23.9 Å². The first-order valence-corrected chi connectivity index (χ1v) is 4.51. The van der Waals surface area contributed by atoms with Crippen LogP contribution in [0, 0.1) is 0 Å². The fourth-order valence-electron chi connectivity index (χ4n) is 1.06. The maximum atomic E-state index is 10.7. The molecule has 16 heavy (non-hydrogen) atoms. The number of carbonyl (C=O) groups excluding carboxylic acids is 3. The van der Waals surface area contributed by atoms with Crippen LogP contribution < -0.4 is 0 Å². The average Bonchev–Trinajstić information content (AvgIpc) is 2.21. The monoisotopic (exact) mass is 234 g/mol. The van der Waals surface area contributed by atoms with Crippen LogP contribution in [0.15, 0.2) is 0 Å². The molecule has 0 aliphatic heterocycles. The van der Waals surface area contributed by atoms with Gasteiger partial charge in [-0.2, -0.15) is 0 Å². The summed E-state index contributed by atoms with van der Waals surface area (Å²) in [6.45, 7) is 1.47. The molecule has 0 aliphatic carbocycles. The summed E-state index contributed by atoms with van der Waals surface area (Å²) in [5, 5.41) is 18.1. The predicted octanol–water partition coefficient (Wildman–Crippen LogP) is -1.60. The Bertz CT molecular complexity index is 263. The Morgan fingerprint density at radius 1 is 1.25 bits per heavy atom. The Balaban J connectivity index is 4.73. The quantitative estimate of drug-likeness (QED) is 0.420. The molecule has 0 amide bonds. The number of rotatable bonds is 6. The molecular formula is C9H14O7. The minimum Gasteiger partial charge on any atom is -0.456 e. The molecular weight excluding hydrogens is 220 g/mol. The summed E-state index contributed by atoms with van der Waals surface area (Å²) in [6.07, 6.45) is -4.23. The number of hydrogen-bond acceptors (Lipinski definition) is 7. The van der Waals surface area contributed by atoms with Gasteiger partial charge < -0.3 is 24.5 Å². The van der Waals surface area contributed by atoms with Crippen molar-refractivity contribution in [2.24, 2.45) is 0 Å². The maximum Gasteiger partial charge on any atom is 0.303 e. The van der Waals surface area contributed by atoms with Gasteiger partial charge in [-0.1, -0.05) is 0 Å². The van der Waals surface area contributed by atoms with E-state index < -0.39 is 36.9 Å². The summed E-state index contributed by atoms with van der Waals surface area (Å²) in [7, 11) is 0. The first kappa shape index (κ1) is 14.5. The second kappa shape index (κ2) is 6.91. The lowest BCUT2D eigenvalue weighted by molar-refractivity contribution is -0.178. The van der Waals surface area contributed by atoms with E-state index in [2.05, 4.69) is 9.47 Å². The molecule has 0 radical (unpaired) electrons. The number of hydrogen-bond donors (Lipinski definition) is 2. The van der Waals surface area contributed by atoms with Crippen molar-refractivity contribution in [2.45, 2.75) is 32.2 Å². The molecule has 0 bridgehead atoms. The van der Waals surface area contributed by atoms with Crippen molar-refractivity contribution >= 4 is 18.2 Å². The van der Waals surface area contributed by atoms with Gasteiger partial charge in [0.15, 0.2) is 18.5 Å². The van der Waals surface area contributed by atoms with E-state index in [4.69, 9.17) is 5.11 Å². The molecule has 0 unspecified atom stereocenters. The lowest BCUT2D eigenvalue weighted by atomic mass is 10.1. The Labute approximate surface area is 92.0 Å². The smallest absolute Gasteiger partial charge is 0.303 e. The van der Waals surface area contributed by atoms with E-state index in [-0.39, 0.29) is 6.29 Å². The molecule has 0 saturated carbocycles.